The van der Waals surface area contributed by atoms with E-state index in [4.69, 9.17) is 0 Å². The average Bonchev–Trinajstić information content (AvgIpc) is 3.15. The zero-order valence-corrected chi connectivity index (χ0v) is 21.8. The van der Waals surface area contributed by atoms with Gasteiger partial charge < -0.3 is 0 Å². The lowest BCUT2D eigenvalue weighted by molar-refractivity contribution is 0.723. The summed E-state index contributed by atoms with van der Waals surface area (Å²) in [7, 11) is 0. The first kappa shape index (κ1) is 23.6. The second kappa shape index (κ2) is 9.86. The van der Waals surface area contributed by atoms with E-state index in [2.05, 4.69) is 113 Å². The normalized spacial score (nSPS) is 13.5. The molecule has 0 bridgehead atoms. The zero-order valence-electron chi connectivity index (χ0n) is 21.8. The molecule has 0 spiro atoms. The molecule has 35 heavy (non-hydrogen) atoms. The Hall–Kier alpha value is -3.12. The van der Waals surface area contributed by atoms with Gasteiger partial charge in [0, 0.05) is 0 Å². The second-order valence-corrected chi connectivity index (χ2v) is 10.4. The standard InChI is InChI=1S/C35H38/c1-5-7-12-27-13-11-16-29(24-27)35(32-17-10-9-15-28(32)14-8-6-2)33-22-25(3)18-20-30(33)31-21-19-26(4)23-34(31)35/h9-11,13,15-24H,5-8,12,14H2,1-4H3. The topological polar surface area (TPSA) is 0 Å². The highest BCUT2D eigenvalue weighted by molar-refractivity contribution is 5.87. The minimum absolute atomic E-state index is 0.296. The first-order valence-corrected chi connectivity index (χ1v) is 13.5. The van der Waals surface area contributed by atoms with Crippen LogP contribution in [0.15, 0.2) is 84.9 Å². The van der Waals surface area contributed by atoms with Gasteiger partial charge in [-0.2, -0.15) is 0 Å². The van der Waals surface area contributed by atoms with E-state index in [1.54, 1.807) is 0 Å². The number of hydrogen-bond donors (Lipinski definition) is 0. The fraction of sp³-hybridized carbons (Fsp3) is 0.314. The van der Waals surface area contributed by atoms with Crippen LogP contribution in [0.5, 0.6) is 0 Å². The van der Waals surface area contributed by atoms with Crippen molar-refractivity contribution in [2.45, 2.75) is 71.6 Å². The van der Waals surface area contributed by atoms with E-state index < -0.39 is 0 Å². The van der Waals surface area contributed by atoms with Crippen LogP contribution in [0.4, 0.5) is 0 Å². The van der Waals surface area contributed by atoms with Crippen molar-refractivity contribution in [3.05, 3.63) is 129 Å². The van der Waals surface area contributed by atoms with Gasteiger partial charge in [-0.15, -0.1) is 0 Å². The Kier molecular flexibility index (Phi) is 6.65. The van der Waals surface area contributed by atoms with E-state index in [0.717, 1.165) is 12.8 Å². The molecule has 0 aromatic heterocycles. The van der Waals surface area contributed by atoms with Crippen LogP contribution >= 0.6 is 0 Å². The summed E-state index contributed by atoms with van der Waals surface area (Å²) >= 11 is 0. The van der Waals surface area contributed by atoms with Gasteiger partial charge in [0.25, 0.3) is 0 Å². The Morgan fingerprint density at radius 3 is 1.86 bits per heavy atom. The number of benzene rings is 4. The highest BCUT2D eigenvalue weighted by atomic mass is 14.5. The van der Waals surface area contributed by atoms with Crippen LogP contribution in [0.25, 0.3) is 11.1 Å². The molecule has 0 fully saturated rings. The number of unbranched alkanes of at least 4 members (excludes halogenated alkanes) is 2. The molecule has 4 aromatic carbocycles. The monoisotopic (exact) mass is 458 g/mol. The van der Waals surface area contributed by atoms with E-state index in [-0.39, 0.29) is 5.41 Å². The van der Waals surface area contributed by atoms with Gasteiger partial charge in [-0.05, 0) is 84.0 Å². The smallest absolute Gasteiger partial charge is 0.0654 e. The summed E-state index contributed by atoms with van der Waals surface area (Å²) in [6.07, 6.45) is 7.13. The molecular formula is C35H38. The molecular weight excluding hydrogens is 420 g/mol. The minimum Gasteiger partial charge on any atom is -0.0654 e. The third-order valence-corrected chi connectivity index (χ3v) is 7.85. The average molecular weight is 459 g/mol. The molecule has 0 saturated carbocycles. The van der Waals surface area contributed by atoms with Crippen LogP contribution < -0.4 is 0 Å². The lowest BCUT2D eigenvalue weighted by atomic mass is 9.65. The third kappa shape index (κ3) is 4.04. The number of aryl methyl sites for hydroxylation is 4. The number of hydrogen-bond acceptors (Lipinski definition) is 0. The fourth-order valence-corrected chi connectivity index (χ4v) is 6.12. The summed E-state index contributed by atoms with van der Waals surface area (Å²) in [4.78, 5) is 0. The molecule has 0 aliphatic heterocycles. The Morgan fingerprint density at radius 2 is 1.20 bits per heavy atom. The summed E-state index contributed by atoms with van der Waals surface area (Å²) in [5, 5.41) is 0. The Balaban J connectivity index is 1.89. The van der Waals surface area contributed by atoms with Crippen molar-refractivity contribution in [3.8, 4) is 11.1 Å². The Bertz CT molecular complexity index is 1290. The van der Waals surface area contributed by atoms with Crippen LogP contribution in [-0.2, 0) is 18.3 Å². The number of rotatable bonds is 8. The summed E-state index contributed by atoms with van der Waals surface area (Å²) in [5.74, 6) is 0. The molecule has 0 nitrogen and oxygen atoms in total. The molecule has 1 aliphatic carbocycles. The maximum atomic E-state index is 2.51. The summed E-state index contributed by atoms with van der Waals surface area (Å²) < 4.78 is 0. The van der Waals surface area contributed by atoms with Crippen molar-refractivity contribution in [1.82, 2.24) is 0 Å². The van der Waals surface area contributed by atoms with Crippen molar-refractivity contribution >= 4 is 0 Å². The van der Waals surface area contributed by atoms with E-state index in [1.165, 1.54) is 81.3 Å². The first-order chi connectivity index (χ1) is 17.1. The van der Waals surface area contributed by atoms with Gasteiger partial charge in [0.1, 0.15) is 0 Å². The molecule has 0 unspecified atom stereocenters. The van der Waals surface area contributed by atoms with Crippen LogP contribution in [0, 0.1) is 13.8 Å². The quantitative estimate of drug-likeness (QED) is 0.217. The Labute approximate surface area is 212 Å². The molecule has 0 amide bonds. The van der Waals surface area contributed by atoms with Gasteiger partial charge in [-0.1, -0.05) is 123 Å². The largest absolute Gasteiger partial charge is 0.0716 e. The maximum Gasteiger partial charge on any atom is 0.0716 e. The molecule has 0 saturated heterocycles. The molecule has 4 aromatic rings. The van der Waals surface area contributed by atoms with E-state index >= 15 is 0 Å². The molecule has 0 heterocycles. The summed E-state index contributed by atoms with van der Waals surface area (Å²) in [6, 6.07) is 32.9. The molecule has 0 radical (unpaired) electrons. The lowest BCUT2D eigenvalue weighted by Crippen LogP contribution is -2.30. The molecule has 0 N–H and O–H groups in total. The van der Waals surface area contributed by atoms with E-state index in [1.807, 2.05) is 0 Å². The predicted octanol–water partition coefficient (Wildman–Crippen LogP) is 9.35. The fourth-order valence-electron chi connectivity index (χ4n) is 6.12. The van der Waals surface area contributed by atoms with Gasteiger partial charge in [0.05, 0.1) is 5.41 Å². The summed E-state index contributed by atoms with van der Waals surface area (Å²) in [6.45, 7) is 9.05. The summed E-state index contributed by atoms with van der Waals surface area (Å²) in [5.41, 5.74) is 13.8. The first-order valence-electron chi connectivity index (χ1n) is 13.5. The molecule has 5 rings (SSSR count). The molecule has 178 valence electrons. The number of fused-ring (bicyclic) bond motifs is 3. The van der Waals surface area contributed by atoms with Crippen molar-refractivity contribution in [2.75, 3.05) is 0 Å². The van der Waals surface area contributed by atoms with Gasteiger partial charge in [-0.3, -0.25) is 0 Å². The van der Waals surface area contributed by atoms with Crippen LogP contribution in [0.1, 0.15) is 84.0 Å². The van der Waals surface area contributed by atoms with Crippen molar-refractivity contribution in [2.24, 2.45) is 0 Å². The van der Waals surface area contributed by atoms with E-state index in [0.29, 0.717) is 0 Å². The van der Waals surface area contributed by atoms with Crippen LogP contribution in [0.2, 0.25) is 0 Å². The van der Waals surface area contributed by atoms with Gasteiger partial charge in [0.15, 0.2) is 0 Å². The highest BCUT2D eigenvalue weighted by Crippen LogP contribution is 2.57. The minimum atomic E-state index is -0.296. The second-order valence-electron chi connectivity index (χ2n) is 10.4. The van der Waals surface area contributed by atoms with Crippen LogP contribution in [0.3, 0.4) is 0 Å². The SMILES string of the molecule is CCCCc1cccc(C2(c3ccccc3CCCC)c3cc(C)ccc3-c3ccc(C)cc32)c1. The zero-order chi connectivity index (χ0) is 24.4. The van der Waals surface area contributed by atoms with Gasteiger partial charge in [-0.25, -0.2) is 0 Å². The van der Waals surface area contributed by atoms with Gasteiger partial charge >= 0.3 is 0 Å². The Morgan fingerprint density at radius 1 is 0.571 bits per heavy atom. The van der Waals surface area contributed by atoms with Crippen LogP contribution in [-0.4, -0.2) is 0 Å². The third-order valence-electron chi connectivity index (χ3n) is 7.85. The van der Waals surface area contributed by atoms with Crippen molar-refractivity contribution < 1.29 is 0 Å². The van der Waals surface area contributed by atoms with Crippen molar-refractivity contribution in [3.63, 3.8) is 0 Å². The van der Waals surface area contributed by atoms with Gasteiger partial charge in [0.2, 0.25) is 0 Å². The molecule has 0 heteroatoms. The van der Waals surface area contributed by atoms with E-state index in [9.17, 15) is 0 Å². The van der Waals surface area contributed by atoms with Crippen molar-refractivity contribution in [1.29, 1.82) is 0 Å². The predicted molar refractivity (Wildman–Crippen MR) is 150 cm³/mol. The lowest BCUT2D eigenvalue weighted by Gasteiger charge is -2.36. The maximum absolute atomic E-state index is 2.51. The highest BCUT2D eigenvalue weighted by Gasteiger charge is 2.47. The molecule has 0 atom stereocenters. The molecule has 1 aliphatic rings.